The number of aryl methyl sites for hydroxylation is 1. The second-order valence-corrected chi connectivity index (χ2v) is 10.6. The van der Waals surface area contributed by atoms with Gasteiger partial charge in [-0.25, -0.2) is 18.1 Å². The van der Waals surface area contributed by atoms with Crippen LogP contribution in [0.15, 0.2) is 47.1 Å². The molecule has 1 fully saturated rings. The van der Waals surface area contributed by atoms with Crippen LogP contribution in [0.4, 0.5) is 5.69 Å². The highest BCUT2D eigenvalue weighted by Crippen LogP contribution is 2.35. The van der Waals surface area contributed by atoms with Crippen LogP contribution >= 0.6 is 0 Å². The molecule has 1 aromatic carbocycles. The second-order valence-electron chi connectivity index (χ2n) is 8.34. The molecule has 6 rings (SSSR count). The van der Waals surface area contributed by atoms with E-state index in [-0.39, 0.29) is 30.2 Å². The molecule has 1 amide bonds. The van der Waals surface area contributed by atoms with Crippen molar-refractivity contribution >= 4 is 32.5 Å². The van der Waals surface area contributed by atoms with Crippen LogP contribution in [0.2, 0.25) is 0 Å². The number of rotatable bonds is 4. The summed E-state index contributed by atoms with van der Waals surface area (Å²) >= 11 is 0. The minimum Gasteiger partial charge on any atom is -0.463 e. The maximum absolute atomic E-state index is 13.5. The Bertz CT molecular complexity index is 1540. The van der Waals surface area contributed by atoms with Gasteiger partial charge in [0, 0.05) is 11.8 Å². The zero-order chi connectivity index (χ0) is 23.4. The van der Waals surface area contributed by atoms with E-state index in [1.807, 2.05) is 0 Å². The minimum atomic E-state index is -3.14. The second kappa shape index (κ2) is 7.59. The number of nitrogens with one attached hydrogen (secondary N) is 1. The van der Waals surface area contributed by atoms with Gasteiger partial charge in [0.2, 0.25) is 6.79 Å². The Kier molecular flexibility index (Phi) is 4.63. The van der Waals surface area contributed by atoms with Crippen LogP contribution < -0.4 is 14.8 Å². The van der Waals surface area contributed by atoms with E-state index in [1.54, 1.807) is 48.0 Å². The quantitative estimate of drug-likeness (QED) is 0.471. The summed E-state index contributed by atoms with van der Waals surface area (Å²) in [6.07, 6.45) is 1.98. The summed E-state index contributed by atoms with van der Waals surface area (Å²) in [5, 5.41) is 8.07. The van der Waals surface area contributed by atoms with Crippen molar-refractivity contribution in [1.29, 1.82) is 0 Å². The predicted octanol–water partition coefficient (Wildman–Crippen LogP) is 3.34. The van der Waals surface area contributed by atoms with E-state index in [0.29, 0.717) is 57.4 Å². The molecule has 0 unspecified atom stereocenters. The first-order valence-corrected chi connectivity index (χ1v) is 12.6. The average Bonchev–Trinajstić information content (AvgIpc) is 3.59. The minimum absolute atomic E-state index is 0.00535. The molecule has 5 heterocycles. The molecule has 2 aliphatic rings. The Morgan fingerprint density at radius 1 is 1.18 bits per heavy atom. The van der Waals surface area contributed by atoms with Crippen LogP contribution in [0, 0.1) is 6.92 Å². The van der Waals surface area contributed by atoms with E-state index in [1.165, 1.54) is 6.26 Å². The van der Waals surface area contributed by atoms with Gasteiger partial charge >= 0.3 is 0 Å². The van der Waals surface area contributed by atoms with Crippen molar-refractivity contribution in [1.82, 2.24) is 14.8 Å². The van der Waals surface area contributed by atoms with Gasteiger partial charge in [0.15, 0.2) is 32.7 Å². The number of carbonyl (C=O) groups is 1. The number of amides is 1. The molecule has 1 atom stereocenters. The molecule has 34 heavy (non-hydrogen) atoms. The molecule has 10 nitrogen and oxygen atoms in total. The fourth-order valence-electron chi connectivity index (χ4n) is 4.44. The number of hydrogen-bond donors (Lipinski definition) is 1. The summed E-state index contributed by atoms with van der Waals surface area (Å²) in [5.74, 6) is 1.40. The summed E-state index contributed by atoms with van der Waals surface area (Å²) in [7, 11) is -3.14. The number of furan rings is 1. The van der Waals surface area contributed by atoms with Crippen LogP contribution in [0.3, 0.4) is 0 Å². The van der Waals surface area contributed by atoms with E-state index >= 15 is 0 Å². The number of anilines is 1. The van der Waals surface area contributed by atoms with Crippen molar-refractivity contribution in [3.63, 3.8) is 0 Å². The van der Waals surface area contributed by atoms with Crippen LogP contribution in [0.1, 0.15) is 28.5 Å². The molecule has 0 radical (unpaired) electrons. The lowest BCUT2D eigenvalue weighted by Gasteiger charge is -2.12. The number of fused-ring (bicyclic) bond motifs is 2. The van der Waals surface area contributed by atoms with Crippen LogP contribution in [-0.2, 0) is 9.84 Å². The van der Waals surface area contributed by atoms with Crippen LogP contribution in [0.25, 0.3) is 22.5 Å². The molecule has 0 spiro atoms. The Labute approximate surface area is 194 Å². The molecule has 1 saturated heterocycles. The summed E-state index contributed by atoms with van der Waals surface area (Å²) in [5.41, 5.74) is 2.40. The molecule has 174 valence electrons. The Morgan fingerprint density at radius 3 is 2.79 bits per heavy atom. The molecule has 0 bridgehead atoms. The third kappa shape index (κ3) is 3.48. The van der Waals surface area contributed by atoms with Gasteiger partial charge in [-0.3, -0.25) is 4.79 Å². The number of pyridine rings is 1. The molecule has 1 N–H and O–H groups in total. The highest BCUT2D eigenvalue weighted by atomic mass is 32.2. The third-order valence-electron chi connectivity index (χ3n) is 6.04. The largest absolute Gasteiger partial charge is 0.463 e. The van der Waals surface area contributed by atoms with Gasteiger partial charge in [-0.1, -0.05) is 0 Å². The molecular formula is C23H20N4O6S. The van der Waals surface area contributed by atoms with Crippen molar-refractivity contribution < 1.29 is 27.1 Å². The predicted molar refractivity (Wildman–Crippen MR) is 123 cm³/mol. The lowest BCUT2D eigenvalue weighted by atomic mass is 10.1. The Morgan fingerprint density at radius 2 is 2.03 bits per heavy atom. The first-order chi connectivity index (χ1) is 16.4. The molecule has 2 aliphatic heterocycles. The first-order valence-electron chi connectivity index (χ1n) is 10.7. The molecule has 0 saturated carbocycles. The summed E-state index contributed by atoms with van der Waals surface area (Å²) < 4.78 is 42.1. The van der Waals surface area contributed by atoms with E-state index in [2.05, 4.69) is 10.4 Å². The van der Waals surface area contributed by atoms with Gasteiger partial charge < -0.3 is 19.2 Å². The maximum Gasteiger partial charge on any atom is 0.256 e. The number of benzene rings is 1. The lowest BCUT2D eigenvalue weighted by Crippen LogP contribution is -2.15. The van der Waals surface area contributed by atoms with Crippen LogP contribution in [0.5, 0.6) is 11.5 Å². The number of sulfone groups is 1. The number of hydrogen-bond acceptors (Lipinski definition) is 8. The zero-order valence-electron chi connectivity index (χ0n) is 18.1. The highest BCUT2D eigenvalue weighted by molar-refractivity contribution is 7.91. The molecular weight excluding hydrogens is 460 g/mol. The first kappa shape index (κ1) is 20.7. The SMILES string of the molecule is Cc1nn([C@@H]2CCS(=O)(=O)C2)c2nc(-c3ccco3)cc(C(=O)Nc3ccc4c(c3)OCO4)c12. The molecule has 11 heteroatoms. The lowest BCUT2D eigenvalue weighted by molar-refractivity contribution is 0.102. The zero-order valence-corrected chi connectivity index (χ0v) is 19.0. The van der Waals surface area contributed by atoms with Gasteiger partial charge in [0.05, 0.1) is 40.5 Å². The summed E-state index contributed by atoms with van der Waals surface area (Å²) in [6, 6.07) is 9.97. The normalized spacial score (nSPS) is 18.4. The van der Waals surface area contributed by atoms with Gasteiger partial charge in [0.25, 0.3) is 5.91 Å². The van der Waals surface area contributed by atoms with E-state index in [4.69, 9.17) is 18.9 Å². The topological polar surface area (TPSA) is 126 Å². The average molecular weight is 481 g/mol. The van der Waals surface area contributed by atoms with Crippen molar-refractivity contribution in [3.05, 3.63) is 53.9 Å². The Balaban J connectivity index is 1.47. The fraction of sp³-hybridized carbons (Fsp3) is 0.261. The van der Waals surface area contributed by atoms with E-state index in [0.717, 1.165) is 0 Å². The van der Waals surface area contributed by atoms with Crippen LogP contribution in [-0.4, -0.2) is 47.4 Å². The Hall–Kier alpha value is -3.86. The van der Waals surface area contributed by atoms with Gasteiger partial charge in [-0.05, 0) is 43.7 Å². The smallest absolute Gasteiger partial charge is 0.256 e. The number of ether oxygens (including phenoxy) is 2. The molecule has 4 aromatic rings. The van der Waals surface area contributed by atoms with Gasteiger partial charge in [0.1, 0.15) is 5.69 Å². The van der Waals surface area contributed by atoms with Crippen molar-refractivity contribution in [2.24, 2.45) is 0 Å². The van der Waals surface area contributed by atoms with Gasteiger partial charge in [-0.2, -0.15) is 5.10 Å². The molecule has 0 aliphatic carbocycles. The number of nitrogens with zero attached hydrogens (tertiary/aromatic N) is 3. The van der Waals surface area contributed by atoms with Gasteiger partial charge in [-0.15, -0.1) is 0 Å². The number of aromatic nitrogens is 3. The summed E-state index contributed by atoms with van der Waals surface area (Å²) in [6.45, 7) is 1.92. The van der Waals surface area contributed by atoms with Crippen molar-refractivity contribution in [3.8, 4) is 23.0 Å². The standard InChI is InChI=1S/C23H20N4O6S/c1-13-21-16(23(28)24-14-4-5-19-20(9-14)33-12-32-19)10-17(18-3-2-7-31-18)25-22(21)27(26-13)15-6-8-34(29,30)11-15/h2-5,7,9-10,15H,6,8,11-12H2,1H3,(H,24,28)/t15-/m1/s1. The van der Waals surface area contributed by atoms with E-state index < -0.39 is 9.84 Å². The number of carbonyl (C=O) groups excluding carboxylic acids is 1. The third-order valence-corrected chi connectivity index (χ3v) is 7.79. The van der Waals surface area contributed by atoms with E-state index in [9.17, 15) is 13.2 Å². The van der Waals surface area contributed by atoms with Crippen molar-refractivity contribution in [2.45, 2.75) is 19.4 Å². The monoisotopic (exact) mass is 480 g/mol. The molecule has 3 aromatic heterocycles. The maximum atomic E-state index is 13.5. The van der Waals surface area contributed by atoms with Crippen molar-refractivity contribution in [2.75, 3.05) is 23.6 Å². The highest BCUT2D eigenvalue weighted by Gasteiger charge is 2.32. The summed E-state index contributed by atoms with van der Waals surface area (Å²) in [4.78, 5) is 18.2. The fourth-order valence-corrected chi connectivity index (χ4v) is 6.13.